The first kappa shape index (κ1) is 31.0. The third kappa shape index (κ3) is 3.96. The van der Waals surface area contributed by atoms with Crippen LogP contribution < -0.4 is 0 Å². The Balaban J connectivity index is 1.23. The van der Waals surface area contributed by atoms with Crippen LogP contribution in [0.25, 0.3) is 115 Å². The highest BCUT2D eigenvalue weighted by Gasteiger charge is 2.41. The minimum Gasteiger partial charge on any atom is -0.455 e. The van der Waals surface area contributed by atoms with E-state index in [9.17, 15) is 0 Å². The predicted octanol–water partition coefficient (Wildman–Crippen LogP) is 14.1. The molecule has 12 aromatic rings. The van der Waals surface area contributed by atoms with Crippen LogP contribution in [0.1, 0.15) is 25.0 Å². The molecule has 0 atom stereocenters. The summed E-state index contributed by atoms with van der Waals surface area (Å²) in [5, 5.41) is 14.5. The van der Waals surface area contributed by atoms with Crippen LogP contribution in [0.2, 0.25) is 0 Å². The van der Waals surface area contributed by atoms with Gasteiger partial charge in [0.15, 0.2) is 0 Å². The van der Waals surface area contributed by atoms with E-state index in [2.05, 4.69) is 170 Å². The van der Waals surface area contributed by atoms with Gasteiger partial charge in [0.1, 0.15) is 11.2 Å². The summed E-state index contributed by atoms with van der Waals surface area (Å²) in [7, 11) is 0. The number of para-hydroxylation sites is 2. The van der Waals surface area contributed by atoms with Crippen LogP contribution in [0.5, 0.6) is 0 Å². The molecule has 1 aliphatic rings. The van der Waals surface area contributed by atoms with E-state index in [1.54, 1.807) is 0 Å². The molecule has 0 N–H and O–H groups in total. The molecule has 3 heterocycles. The van der Waals surface area contributed by atoms with Gasteiger partial charge in [0.2, 0.25) is 5.95 Å². The van der Waals surface area contributed by atoms with E-state index in [0.29, 0.717) is 5.95 Å². The minimum atomic E-state index is -0.346. The van der Waals surface area contributed by atoms with Gasteiger partial charge in [0, 0.05) is 49.0 Å². The van der Waals surface area contributed by atoms with Crippen molar-refractivity contribution in [2.45, 2.75) is 19.3 Å². The van der Waals surface area contributed by atoms with E-state index in [4.69, 9.17) is 14.4 Å². The van der Waals surface area contributed by atoms with Gasteiger partial charge < -0.3 is 4.42 Å². The monoisotopic (exact) mass is 727 g/mol. The predicted molar refractivity (Wildman–Crippen MR) is 237 cm³/mol. The molecule has 57 heavy (non-hydrogen) atoms. The SMILES string of the molecule is CC1(C)c2ccccc2-c2nc(-n3c4ccc5ccccc5c4c4c5c6ccccc6c6ccccc6c5ccc43)nc(-c3cccc4c3oc3ccccc34)c21. The van der Waals surface area contributed by atoms with E-state index < -0.39 is 0 Å². The van der Waals surface area contributed by atoms with Crippen LogP contribution >= 0.6 is 0 Å². The van der Waals surface area contributed by atoms with Gasteiger partial charge in [-0.25, -0.2) is 9.97 Å². The standard InChI is InChI=1S/C53H33N3O/c1-53(2)41-24-11-9-21-39(41)49-48(53)50(40-23-13-22-38-35-19-10-12-25-44(35)57-51(38)40)55-52(54-49)56-42-28-26-30-14-3-4-15-31(30)46(42)47-43(56)29-27-37-34-18-6-5-16-32(34)33-17-7-8-20-36(33)45(37)47/h3-29H,1-2H3. The first-order valence-corrected chi connectivity index (χ1v) is 19.7. The van der Waals surface area contributed by atoms with Crippen molar-refractivity contribution >= 4 is 86.8 Å². The Labute approximate surface area is 327 Å². The van der Waals surface area contributed by atoms with Crippen LogP contribution in [-0.2, 0) is 5.41 Å². The molecule has 0 fully saturated rings. The molecule has 1 aliphatic carbocycles. The molecule has 4 nitrogen and oxygen atoms in total. The van der Waals surface area contributed by atoms with Crippen molar-refractivity contribution in [3.8, 4) is 28.5 Å². The number of furan rings is 1. The smallest absolute Gasteiger partial charge is 0.235 e. The highest BCUT2D eigenvalue weighted by molar-refractivity contribution is 6.37. The Morgan fingerprint density at radius 1 is 0.439 bits per heavy atom. The fraction of sp³-hybridized carbons (Fsp3) is 0.0566. The van der Waals surface area contributed by atoms with Crippen molar-refractivity contribution in [3.63, 3.8) is 0 Å². The molecule has 9 aromatic carbocycles. The lowest BCUT2D eigenvalue weighted by atomic mass is 9.80. The first-order chi connectivity index (χ1) is 28.1. The van der Waals surface area contributed by atoms with Gasteiger partial charge in [0.05, 0.1) is 22.4 Å². The Hall–Kier alpha value is -7.30. The average molecular weight is 728 g/mol. The molecule has 0 saturated heterocycles. The van der Waals surface area contributed by atoms with Crippen LogP contribution in [-0.4, -0.2) is 14.5 Å². The van der Waals surface area contributed by atoms with Crippen LogP contribution in [0.15, 0.2) is 168 Å². The van der Waals surface area contributed by atoms with Gasteiger partial charge >= 0.3 is 0 Å². The van der Waals surface area contributed by atoms with Crippen molar-refractivity contribution in [2.24, 2.45) is 0 Å². The topological polar surface area (TPSA) is 43.9 Å². The normalized spacial score (nSPS) is 13.6. The Morgan fingerprint density at radius 3 is 1.81 bits per heavy atom. The van der Waals surface area contributed by atoms with Crippen molar-refractivity contribution < 1.29 is 4.42 Å². The van der Waals surface area contributed by atoms with E-state index in [1.165, 1.54) is 59.4 Å². The molecule has 0 aliphatic heterocycles. The Kier molecular flexibility index (Phi) is 5.94. The summed E-state index contributed by atoms with van der Waals surface area (Å²) >= 11 is 0. The quantitative estimate of drug-likeness (QED) is 0.167. The first-order valence-electron chi connectivity index (χ1n) is 19.7. The number of benzene rings is 9. The average Bonchev–Trinajstić information content (AvgIpc) is 3.89. The van der Waals surface area contributed by atoms with Gasteiger partial charge in [-0.15, -0.1) is 0 Å². The molecule has 0 saturated carbocycles. The number of rotatable bonds is 2. The van der Waals surface area contributed by atoms with E-state index >= 15 is 0 Å². The summed E-state index contributed by atoms with van der Waals surface area (Å²) in [6.45, 7) is 4.61. The molecule has 0 bridgehead atoms. The fourth-order valence-corrected chi connectivity index (χ4v) is 10.3. The van der Waals surface area contributed by atoms with Crippen molar-refractivity contribution in [1.29, 1.82) is 0 Å². The largest absolute Gasteiger partial charge is 0.455 e. The maximum Gasteiger partial charge on any atom is 0.235 e. The van der Waals surface area contributed by atoms with E-state index in [0.717, 1.165) is 61.1 Å². The molecule has 0 spiro atoms. The lowest BCUT2D eigenvalue weighted by Gasteiger charge is -2.24. The number of hydrogen-bond donors (Lipinski definition) is 0. The summed E-state index contributed by atoms with van der Waals surface area (Å²) in [5.41, 5.74) is 9.87. The second-order valence-electron chi connectivity index (χ2n) is 16.0. The Morgan fingerprint density at radius 2 is 1.00 bits per heavy atom. The zero-order valence-corrected chi connectivity index (χ0v) is 31.3. The molecule has 13 rings (SSSR count). The van der Waals surface area contributed by atoms with Crippen molar-refractivity contribution in [1.82, 2.24) is 14.5 Å². The van der Waals surface area contributed by atoms with Gasteiger partial charge in [-0.3, -0.25) is 4.57 Å². The van der Waals surface area contributed by atoms with E-state index in [1.807, 2.05) is 12.1 Å². The zero-order valence-electron chi connectivity index (χ0n) is 31.3. The molecular formula is C53H33N3O. The van der Waals surface area contributed by atoms with Crippen LogP contribution in [0, 0.1) is 0 Å². The van der Waals surface area contributed by atoms with Crippen molar-refractivity contribution in [2.75, 3.05) is 0 Å². The van der Waals surface area contributed by atoms with Crippen molar-refractivity contribution in [3.05, 3.63) is 175 Å². The zero-order chi connectivity index (χ0) is 37.6. The summed E-state index contributed by atoms with van der Waals surface area (Å²) in [4.78, 5) is 11.4. The molecule has 3 aromatic heterocycles. The Bertz CT molecular complexity index is 3700. The fourth-order valence-electron chi connectivity index (χ4n) is 10.3. The number of fused-ring (bicyclic) bond motifs is 18. The van der Waals surface area contributed by atoms with Crippen LogP contribution in [0.3, 0.4) is 0 Å². The van der Waals surface area contributed by atoms with E-state index in [-0.39, 0.29) is 5.41 Å². The second kappa shape index (κ2) is 10.9. The lowest BCUT2D eigenvalue weighted by Crippen LogP contribution is -2.18. The molecular weight excluding hydrogens is 695 g/mol. The minimum absolute atomic E-state index is 0.346. The number of hydrogen-bond acceptors (Lipinski definition) is 3. The summed E-state index contributed by atoms with van der Waals surface area (Å²) < 4.78 is 9.04. The van der Waals surface area contributed by atoms with Gasteiger partial charge in [-0.1, -0.05) is 153 Å². The highest BCUT2D eigenvalue weighted by Crippen LogP contribution is 2.53. The summed E-state index contributed by atoms with van der Waals surface area (Å²) in [6.07, 6.45) is 0. The molecule has 0 amide bonds. The number of nitrogens with zero attached hydrogens (tertiary/aromatic N) is 3. The summed E-state index contributed by atoms with van der Waals surface area (Å²) in [5.74, 6) is 0.643. The van der Waals surface area contributed by atoms with Crippen LogP contribution in [0.4, 0.5) is 0 Å². The molecule has 266 valence electrons. The van der Waals surface area contributed by atoms with Gasteiger partial charge in [-0.2, -0.15) is 0 Å². The third-order valence-corrected chi connectivity index (χ3v) is 12.8. The van der Waals surface area contributed by atoms with Gasteiger partial charge in [-0.05, 0) is 67.5 Å². The molecule has 0 radical (unpaired) electrons. The summed E-state index contributed by atoms with van der Waals surface area (Å²) in [6, 6.07) is 59.0. The molecule has 4 heteroatoms. The van der Waals surface area contributed by atoms with Gasteiger partial charge in [0.25, 0.3) is 0 Å². The maximum atomic E-state index is 6.72. The highest BCUT2D eigenvalue weighted by atomic mass is 16.3. The lowest BCUT2D eigenvalue weighted by molar-refractivity contribution is 0.654. The second-order valence-corrected chi connectivity index (χ2v) is 16.0. The third-order valence-electron chi connectivity index (χ3n) is 12.8. The maximum absolute atomic E-state index is 6.72. The molecule has 0 unspecified atom stereocenters. The number of aromatic nitrogens is 3.